The maximum atomic E-state index is 12.7. The van der Waals surface area contributed by atoms with Crippen LogP contribution in [0, 0.1) is 10.1 Å². The summed E-state index contributed by atoms with van der Waals surface area (Å²) in [6.07, 6.45) is -0.412. The number of thioether (sulfide) groups is 1. The topological polar surface area (TPSA) is 142 Å². The van der Waals surface area contributed by atoms with Gasteiger partial charge < -0.3 is 20.1 Å². The number of benzene rings is 1. The molecule has 2 atom stereocenters. The van der Waals surface area contributed by atoms with E-state index in [1.807, 2.05) is 0 Å². The van der Waals surface area contributed by atoms with E-state index in [1.54, 1.807) is 6.92 Å². The van der Waals surface area contributed by atoms with Crippen molar-refractivity contribution in [3.63, 3.8) is 0 Å². The Morgan fingerprint density at radius 2 is 2.03 bits per heavy atom. The SMILES string of the molecule is CC(CSC1=C(C(=O)OCc2ccc([N+](=O)[O-])cc2)N2C(=O)CC2C1)OC(N)=O. The second kappa shape index (κ2) is 8.52. The van der Waals surface area contributed by atoms with Gasteiger partial charge in [-0.05, 0) is 24.6 Å². The van der Waals surface area contributed by atoms with Crippen molar-refractivity contribution in [2.45, 2.75) is 38.5 Å². The standard InChI is InChI=1S/C18H19N3O7S/c1-10(28-18(19)24)9-29-14-6-13-7-15(22)20(13)16(14)17(23)27-8-11-2-4-12(5-3-11)21(25)26/h2-5,10,13H,6-9H2,1H3,(H2,19,24). The van der Waals surface area contributed by atoms with E-state index in [1.165, 1.54) is 40.9 Å². The number of hydrogen-bond acceptors (Lipinski definition) is 8. The fourth-order valence-electron chi connectivity index (χ4n) is 3.12. The Kier molecular flexibility index (Phi) is 6.06. The molecule has 0 aromatic heterocycles. The lowest BCUT2D eigenvalue weighted by molar-refractivity contribution is -0.384. The summed E-state index contributed by atoms with van der Waals surface area (Å²) in [5.41, 5.74) is 5.74. The van der Waals surface area contributed by atoms with Gasteiger partial charge in [0.2, 0.25) is 5.91 Å². The number of nitro groups is 1. The number of nitro benzene ring substituents is 1. The molecule has 1 aromatic rings. The van der Waals surface area contributed by atoms with Gasteiger partial charge in [0.1, 0.15) is 18.4 Å². The molecule has 0 spiro atoms. The second-order valence-corrected chi connectivity index (χ2v) is 7.77. The Hall–Kier alpha value is -3.08. The average Bonchev–Trinajstić information content (AvgIpc) is 2.96. The zero-order valence-corrected chi connectivity index (χ0v) is 16.3. The van der Waals surface area contributed by atoms with Gasteiger partial charge in [-0.2, -0.15) is 0 Å². The van der Waals surface area contributed by atoms with Gasteiger partial charge >= 0.3 is 12.1 Å². The van der Waals surface area contributed by atoms with Crippen LogP contribution in [0.3, 0.4) is 0 Å². The van der Waals surface area contributed by atoms with E-state index in [2.05, 4.69) is 0 Å². The number of ether oxygens (including phenoxy) is 2. The van der Waals surface area contributed by atoms with Crippen LogP contribution in [-0.4, -0.2) is 45.7 Å². The van der Waals surface area contributed by atoms with E-state index in [0.717, 1.165) is 0 Å². The van der Waals surface area contributed by atoms with Crippen molar-refractivity contribution in [3.8, 4) is 0 Å². The summed E-state index contributed by atoms with van der Waals surface area (Å²) in [4.78, 5) is 47.8. The van der Waals surface area contributed by atoms with Crippen LogP contribution in [0.25, 0.3) is 0 Å². The molecule has 154 valence electrons. The smallest absolute Gasteiger partial charge is 0.404 e. The van der Waals surface area contributed by atoms with Crippen molar-refractivity contribution in [1.29, 1.82) is 0 Å². The Labute approximate surface area is 170 Å². The van der Waals surface area contributed by atoms with Crippen LogP contribution < -0.4 is 5.73 Å². The van der Waals surface area contributed by atoms with Gasteiger partial charge in [-0.25, -0.2) is 9.59 Å². The average molecular weight is 421 g/mol. The van der Waals surface area contributed by atoms with E-state index in [-0.39, 0.29) is 29.9 Å². The highest BCUT2D eigenvalue weighted by molar-refractivity contribution is 8.03. The van der Waals surface area contributed by atoms with Crippen LogP contribution in [0.5, 0.6) is 0 Å². The van der Waals surface area contributed by atoms with Crippen LogP contribution in [0.1, 0.15) is 25.3 Å². The second-order valence-electron chi connectivity index (χ2n) is 6.66. The molecule has 1 fully saturated rings. The van der Waals surface area contributed by atoms with Gasteiger partial charge in [0.05, 0.1) is 11.0 Å². The summed E-state index contributed by atoms with van der Waals surface area (Å²) in [7, 11) is 0. The molecule has 1 aromatic carbocycles. The fraction of sp³-hybridized carbons (Fsp3) is 0.389. The lowest BCUT2D eigenvalue weighted by Crippen LogP contribution is -2.49. The van der Waals surface area contributed by atoms with Crippen molar-refractivity contribution in [3.05, 3.63) is 50.5 Å². The van der Waals surface area contributed by atoms with E-state index in [0.29, 0.717) is 29.1 Å². The fourth-order valence-corrected chi connectivity index (χ4v) is 4.25. The minimum atomic E-state index is -0.875. The van der Waals surface area contributed by atoms with E-state index in [4.69, 9.17) is 15.2 Å². The van der Waals surface area contributed by atoms with Crippen LogP contribution in [0.15, 0.2) is 34.9 Å². The van der Waals surface area contributed by atoms with Crippen LogP contribution in [0.2, 0.25) is 0 Å². The van der Waals surface area contributed by atoms with Crippen LogP contribution >= 0.6 is 11.8 Å². The van der Waals surface area contributed by atoms with E-state index >= 15 is 0 Å². The first-order chi connectivity index (χ1) is 13.8. The van der Waals surface area contributed by atoms with Gasteiger partial charge in [-0.1, -0.05) is 0 Å². The molecule has 2 aliphatic rings. The van der Waals surface area contributed by atoms with Gasteiger partial charge in [0.25, 0.3) is 5.69 Å². The molecular formula is C18H19N3O7S. The lowest BCUT2D eigenvalue weighted by atomic mass is 10.0. The molecule has 2 aliphatic heterocycles. The molecule has 2 unspecified atom stereocenters. The Morgan fingerprint density at radius 1 is 1.34 bits per heavy atom. The summed E-state index contributed by atoms with van der Waals surface area (Å²) in [5, 5.41) is 10.7. The van der Waals surface area contributed by atoms with E-state index < -0.39 is 23.1 Å². The van der Waals surface area contributed by atoms with Crippen LogP contribution in [0.4, 0.5) is 10.5 Å². The van der Waals surface area contributed by atoms with Crippen molar-refractivity contribution >= 4 is 35.4 Å². The number of primary amides is 1. The molecule has 3 rings (SSSR count). The van der Waals surface area contributed by atoms with Crippen molar-refractivity contribution in [2.75, 3.05) is 5.75 Å². The molecule has 11 heteroatoms. The predicted molar refractivity (Wildman–Crippen MR) is 102 cm³/mol. The number of rotatable bonds is 8. The minimum absolute atomic E-state index is 0.0562. The first-order valence-electron chi connectivity index (χ1n) is 8.80. The number of β-lactam (4-membered cyclic amide) rings is 1. The first-order valence-corrected chi connectivity index (χ1v) is 9.79. The molecular weight excluding hydrogens is 402 g/mol. The molecule has 2 N–H and O–H groups in total. The maximum absolute atomic E-state index is 12.7. The zero-order chi connectivity index (χ0) is 21.1. The number of esters is 1. The molecule has 2 heterocycles. The number of fused-ring (bicyclic) bond motifs is 1. The lowest BCUT2D eigenvalue weighted by Gasteiger charge is -2.35. The molecule has 10 nitrogen and oxygen atoms in total. The maximum Gasteiger partial charge on any atom is 0.404 e. The van der Waals surface area contributed by atoms with Gasteiger partial charge in [0.15, 0.2) is 0 Å². The van der Waals surface area contributed by atoms with Gasteiger partial charge in [-0.3, -0.25) is 14.9 Å². The number of amides is 2. The summed E-state index contributed by atoms with van der Waals surface area (Å²) < 4.78 is 10.2. The Balaban J connectivity index is 1.66. The molecule has 0 bridgehead atoms. The Bertz CT molecular complexity index is 884. The molecule has 29 heavy (non-hydrogen) atoms. The summed E-state index contributed by atoms with van der Waals surface area (Å²) >= 11 is 1.32. The predicted octanol–water partition coefficient (Wildman–Crippen LogP) is 2.07. The van der Waals surface area contributed by atoms with Crippen molar-refractivity contribution in [2.24, 2.45) is 5.73 Å². The van der Waals surface area contributed by atoms with Crippen molar-refractivity contribution < 1.29 is 28.8 Å². The molecule has 0 saturated carbocycles. The van der Waals surface area contributed by atoms with Crippen molar-refractivity contribution in [1.82, 2.24) is 4.90 Å². The number of carbonyl (C=O) groups excluding carboxylic acids is 3. The monoisotopic (exact) mass is 421 g/mol. The highest BCUT2D eigenvalue weighted by Gasteiger charge is 2.48. The van der Waals surface area contributed by atoms with Crippen LogP contribution in [-0.2, 0) is 25.7 Å². The minimum Gasteiger partial charge on any atom is -0.456 e. The number of nitrogens with zero attached hydrogens (tertiary/aromatic N) is 2. The normalized spacial score (nSPS) is 18.7. The summed E-state index contributed by atoms with van der Waals surface area (Å²) in [6, 6.07) is 5.61. The zero-order valence-electron chi connectivity index (χ0n) is 15.5. The largest absolute Gasteiger partial charge is 0.456 e. The number of nitrogens with two attached hydrogens (primary N) is 1. The van der Waals surface area contributed by atoms with Gasteiger partial charge in [-0.15, -0.1) is 11.8 Å². The third kappa shape index (κ3) is 4.67. The number of non-ortho nitro benzene ring substituents is 1. The highest BCUT2D eigenvalue weighted by Crippen LogP contribution is 2.43. The third-order valence-corrected chi connectivity index (χ3v) is 5.83. The highest BCUT2D eigenvalue weighted by atomic mass is 32.2. The quantitative estimate of drug-likeness (QED) is 0.291. The molecule has 0 radical (unpaired) electrons. The number of carbonyl (C=O) groups is 3. The van der Waals surface area contributed by atoms with E-state index in [9.17, 15) is 24.5 Å². The first kappa shape index (κ1) is 20.6. The Morgan fingerprint density at radius 3 is 2.62 bits per heavy atom. The molecule has 1 saturated heterocycles. The summed E-state index contributed by atoms with van der Waals surface area (Å²) in [6.45, 7) is 1.60. The molecule has 0 aliphatic carbocycles. The summed E-state index contributed by atoms with van der Waals surface area (Å²) in [5.74, 6) is -0.397. The molecule has 2 amide bonds. The number of hydrogen-bond donors (Lipinski definition) is 1. The third-order valence-electron chi connectivity index (χ3n) is 4.49. The van der Waals surface area contributed by atoms with Gasteiger partial charge in [0, 0.05) is 35.6 Å².